The van der Waals surface area contributed by atoms with Gasteiger partial charge >= 0.3 is 0 Å². The van der Waals surface area contributed by atoms with E-state index in [0.29, 0.717) is 22.0 Å². The molecule has 1 amide bonds. The van der Waals surface area contributed by atoms with Crippen molar-refractivity contribution < 1.29 is 9.53 Å². The molecule has 2 aromatic rings. The molecular weight excluding hydrogens is 334 g/mol. The molecule has 4 heterocycles. The minimum atomic E-state index is -0.0886. The van der Waals surface area contributed by atoms with Crippen LogP contribution in [0.3, 0.4) is 0 Å². The van der Waals surface area contributed by atoms with Crippen molar-refractivity contribution in [2.75, 3.05) is 13.1 Å². The van der Waals surface area contributed by atoms with Gasteiger partial charge in [0.15, 0.2) is 5.01 Å². The van der Waals surface area contributed by atoms with Crippen molar-refractivity contribution in [2.45, 2.75) is 38.8 Å². The Morgan fingerprint density at radius 3 is 2.68 bits per heavy atom. The maximum absolute atomic E-state index is 12.6. The molecule has 0 spiro atoms. The van der Waals surface area contributed by atoms with Crippen molar-refractivity contribution in [3.8, 4) is 10.8 Å². The number of piperidine rings is 3. The number of aromatic nitrogens is 1. The number of rotatable bonds is 4. The second-order valence-electron chi connectivity index (χ2n) is 7.01. The van der Waals surface area contributed by atoms with E-state index in [1.165, 1.54) is 29.7 Å². The number of nitrogens with one attached hydrogen (secondary N) is 1. The largest absolute Gasteiger partial charge is 0.445 e. The monoisotopic (exact) mass is 357 g/mol. The summed E-state index contributed by atoms with van der Waals surface area (Å²) in [5, 5.41) is 4.31. The molecule has 3 aliphatic rings. The summed E-state index contributed by atoms with van der Waals surface area (Å²) in [6.07, 6.45) is 3.98. The number of amides is 1. The van der Waals surface area contributed by atoms with E-state index in [1.54, 1.807) is 6.20 Å². The number of aryl methyl sites for hydroxylation is 1. The highest BCUT2D eigenvalue weighted by Gasteiger charge is 2.40. The van der Waals surface area contributed by atoms with Crippen LogP contribution in [0, 0.1) is 12.8 Å². The van der Waals surface area contributed by atoms with Gasteiger partial charge in [0, 0.05) is 12.1 Å². The highest BCUT2D eigenvalue weighted by Crippen LogP contribution is 2.33. The first kappa shape index (κ1) is 16.5. The highest BCUT2D eigenvalue weighted by molar-refractivity contribution is 7.15. The molecule has 25 heavy (non-hydrogen) atoms. The molecule has 5 rings (SSSR count). The Bertz CT molecular complexity index is 748. The molecule has 2 atom stereocenters. The second kappa shape index (κ2) is 6.77. The van der Waals surface area contributed by atoms with Gasteiger partial charge in [0.05, 0.1) is 6.20 Å². The van der Waals surface area contributed by atoms with Crippen molar-refractivity contribution in [1.29, 1.82) is 0 Å². The van der Waals surface area contributed by atoms with Crippen LogP contribution >= 0.6 is 11.3 Å². The van der Waals surface area contributed by atoms with E-state index >= 15 is 0 Å². The summed E-state index contributed by atoms with van der Waals surface area (Å²) in [4.78, 5) is 19.3. The van der Waals surface area contributed by atoms with E-state index in [9.17, 15) is 4.79 Å². The van der Waals surface area contributed by atoms with Gasteiger partial charge in [0.2, 0.25) is 5.06 Å². The summed E-state index contributed by atoms with van der Waals surface area (Å²) in [5.74, 6) is 1.26. The predicted octanol–water partition coefficient (Wildman–Crippen LogP) is 3.46. The first-order valence-electron chi connectivity index (χ1n) is 8.85. The van der Waals surface area contributed by atoms with Gasteiger partial charge in [-0.05, 0) is 57.8 Å². The summed E-state index contributed by atoms with van der Waals surface area (Å²) >= 11 is 1.29. The number of thiazole rings is 1. The quantitative estimate of drug-likeness (QED) is 0.910. The van der Waals surface area contributed by atoms with Crippen LogP contribution in [0.2, 0.25) is 0 Å². The van der Waals surface area contributed by atoms with Crippen molar-refractivity contribution in [3.63, 3.8) is 0 Å². The first-order chi connectivity index (χ1) is 12.1. The topological polar surface area (TPSA) is 54.5 Å². The summed E-state index contributed by atoms with van der Waals surface area (Å²) in [7, 11) is 0. The zero-order chi connectivity index (χ0) is 17.4. The molecule has 5 nitrogen and oxygen atoms in total. The molecule has 1 aromatic carbocycles. The van der Waals surface area contributed by atoms with Gasteiger partial charge in [0.1, 0.15) is 5.75 Å². The molecule has 0 aliphatic carbocycles. The van der Waals surface area contributed by atoms with E-state index in [0.717, 1.165) is 18.8 Å². The number of carbonyl (C=O) groups is 1. The standard InChI is InChI=1S/C19H23N3O2S/c1-12-3-5-15(6-4-12)24-16-11-20-19(25-16)18(23)21-17-13(2)22-9-7-14(17)8-10-22/h3-6,11,13-14,17H,7-10H2,1-2H3,(H,21,23)/t13-,17-/m0/s1. The number of ether oxygens (including phenoxy) is 1. The lowest BCUT2D eigenvalue weighted by Crippen LogP contribution is -2.62. The van der Waals surface area contributed by atoms with Crippen LogP contribution in [0.4, 0.5) is 0 Å². The average Bonchev–Trinajstić information content (AvgIpc) is 3.09. The lowest BCUT2D eigenvalue weighted by molar-refractivity contribution is 0.0217. The fourth-order valence-corrected chi connectivity index (χ4v) is 4.58. The minimum absolute atomic E-state index is 0.0886. The fraction of sp³-hybridized carbons (Fsp3) is 0.474. The van der Waals surface area contributed by atoms with Gasteiger partial charge in [-0.3, -0.25) is 9.69 Å². The summed E-state index contributed by atoms with van der Waals surface area (Å²) in [5.41, 5.74) is 1.18. The fourth-order valence-electron chi connectivity index (χ4n) is 3.89. The number of nitrogens with zero attached hydrogens (tertiary/aromatic N) is 2. The van der Waals surface area contributed by atoms with Crippen molar-refractivity contribution in [3.05, 3.63) is 41.0 Å². The van der Waals surface area contributed by atoms with E-state index in [-0.39, 0.29) is 11.9 Å². The van der Waals surface area contributed by atoms with Crippen molar-refractivity contribution >= 4 is 17.2 Å². The number of carbonyl (C=O) groups excluding carboxylic acids is 1. The Balaban J connectivity index is 1.41. The van der Waals surface area contributed by atoms with Crippen LogP contribution in [-0.4, -0.2) is 41.0 Å². The van der Waals surface area contributed by atoms with Gasteiger partial charge < -0.3 is 10.1 Å². The maximum atomic E-state index is 12.6. The number of hydrogen-bond acceptors (Lipinski definition) is 5. The lowest BCUT2D eigenvalue weighted by Gasteiger charge is -2.49. The Kier molecular flexibility index (Phi) is 4.48. The molecule has 132 valence electrons. The molecule has 0 saturated carbocycles. The highest BCUT2D eigenvalue weighted by atomic mass is 32.1. The third kappa shape index (κ3) is 3.41. The Morgan fingerprint density at radius 1 is 1.28 bits per heavy atom. The predicted molar refractivity (Wildman–Crippen MR) is 98.4 cm³/mol. The van der Waals surface area contributed by atoms with Crippen LogP contribution < -0.4 is 10.1 Å². The molecule has 1 aromatic heterocycles. The number of benzene rings is 1. The number of hydrogen-bond donors (Lipinski definition) is 1. The smallest absolute Gasteiger partial charge is 0.280 e. The van der Waals surface area contributed by atoms with E-state index in [4.69, 9.17) is 4.74 Å². The molecule has 0 radical (unpaired) electrons. The Morgan fingerprint density at radius 2 is 2.00 bits per heavy atom. The van der Waals surface area contributed by atoms with Crippen molar-refractivity contribution in [2.24, 2.45) is 5.92 Å². The molecular formula is C19H23N3O2S. The zero-order valence-electron chi connectivity index (χ0n) is 14.6. The average molecular weight is 357 g/mol. The molecule has 3 saturated heterocycles. The molecule has 0 unspecified atom stereocenters. The SMILES string of the molecule is Cc1ccc(Oc2cnc(C(=O)N[C@@H]3C4CCN(CC4)[C@H]3C)s2)cc1. The van der Waals surface area contributed by atoms with E-state index in [1.807, 2.05) is 31.2 Å². The van der Waals surface area contributed by atoms with Gasteiger partial charge in [0.25, 0.3) is 5.91 Å². The molecule has 2 bridgehead atoms. The third-order valence-corrected chi connectivity index (χ3v) is 6.27. The first-order valence-corrected chi connectivity index (χ1v) is 9.67. The zero-order valence-corrected chi connectivity index (χ0v) is 15.4. The Labute approximate surface area is 152 Å². The summed E-state index contributed by atoms with van der Waals surface area (Å²) in [6.45, 7) is 6.56. The maximum Gasteiger partial charge on any atom is 0.280 e. The van der Waals surface area contributed by atoms with Crippen molar-refractivity contribution in [1.82, 2.24) is 15.2 Å². The molecule has 1 N–H and O–H groups in total. The van der Waals surface area contributed by atoms with Gasteiger partial charge in [-0.1, -0.05) is 29.0 Å². The van der Waals surface area contributed by atoms with Crippen LogP contribution in [0.15, 0.2) is 30.5 Å². The Hall–Kier alpha value is -1.92. The summed E-state index contributed by atoms with van der Waals surface area (Å²) in [6, 6.07) is 8.46. The van der Waals surface area contributed by atoms with Gasteiger partial charge in [-0.2, -0.15) is 0 Å². The van der Waals surface area contributed by atoms with E-state index < -0.39 is 0 Å². The van der Waals surface area contributed by atoms with Gasteiger partial charge in [-0.25, -0.2) is 4.98 Å². The van der Waals surface area contributed by atoms with Gasteiger partial charge in [-0.15, -0.1) is 0 Å². The summed E-state index contributed by atoms with van der Waals surface area (Å²) < 4.78 is 5.79. The minimum Gasteiger partial charge on any atom is -0.445 e. The van der Waals surface area contributed by atoms with Crippen LogP contribution in [0.1, 0.15) is 35.1 Å². The second-order valence-corrected chi connectivity index (χ2v) is 8.01. The molecule has 6 heteroatoms. The normalized spacial score (nSPS) is 27.9. The van der Waals surface area contributed by atoms with E-state index in [2.05, 4.69) is 22.1 Å². The number of fused-ring (bicyclic) bond motifs is 3. The molecule has 3 fully saturated rings. The lowest BCUT2D eigenvalue weighted by atomic mass is 9.79. The third-order valence-electron chi connectivity index (χ3n) is 5.39. The molecule has 3 aliphatic heterocycles. The van der Waals surface area contributed by atoms with Crippen LogP contribution in [0.5, 0.6) is 10.8 Å². The van der Waals surface area contributed by atoms with Crippen LogP contribution in [0.25, 0.3) is 0 Å². The van der Waals surface area contributed by atoms with Crippen LogP contribution in [-0.2, 0) is 0 Å².